The van der Waals surface area contributed by atoms with Crippen LogP contribution in [0.2, 0.25) is 0 Å². The van der Waals surface area contributed by atoms with E-state index in [2.05, 4.69) is 17.2 Å². The van der Waals surface area contributed by atoms with E-state index in [1.165, 1.54) is 44.9 Å². The fraction of sp³-hybridized carbons (Fsp3) is 0.733. The Labute approximate surface area is 110 Å². The summed E-state index contributed by atoms with van der Waals surface area (Å²) in [5.41, 5.74) is 1.13. The summed E-state index contributed by atoms with van der Waals surface area (Å²) in [4.78, 5) is 9.24. The van der Waals surface area contributed by atoms with Crippen molar-refractivity contribution in [2.24, 2.45) is 0 Å². The van der Waals surface area contributed by atoms with E-state index in [-0.39, 0.29) is 0 Å². The predicted octanol–water partition coefficient (Wildman–Crippen LogP) is 3.41. The van der Waals surface area contributed by atoms with Crippen LogP contribution in [0.3, 0.4) is 0 Å². The predicted molar refractivity (Wildman–Crippen MR) is 74.5 cm³/mol. The monoisotopic (exact) mass is 247 g/mol. The van der Waals surface area contributed by atoms with Gasteiger partial charge in [0, 0.05) is 18.7 Å². The lowest BCUT2D eigenvalue weighted by Crippen LogP contribution is -2.15. The van der Waals surface area contributed by atoms with E-state index in [1.807, 2.05) is 12.3 Å². The molecule has 0 amide bonds. The van der Waals surface area contributed by atoms with Gasteiger partial charge in [0.2, 0.25) is 0 Å². The lowest BCUT2D eigenvalue weighted by molar-refractivity contribution is 0.441. The van der Waals surface area contributed by atoms with Crippen molar-refractivity contribution in [1.29, 1.82) is 0 Å². The zero-order chi connectivity index (χ0) is 12.6. The quantitative estimate of drug-likeness (QED) is 0.886. The summed E-state index contributed by atoms with van der Waals surface area (Å²) in [6, 6.07) is 2.02. The lowest BCUT2D eigenvalue weighted by Gasteiger charge is -2.18. The van der Waals surface area contributed by atoms with E-state index in [1.54, 1.807) is 0 Å². The number of nitrogens with zero attached hydrogens (tertiary/aromatic N) is 2. The topological polar surface area (TPSA) is 37.8 Å². The maximum Gasteiger partial charge on any atom is 0.131 e. The maximum atomic E-state index is 4.73. The van der Waals surface area contributed by atoms with Gasteiger partial charge >= 0.3 is 0 Å². The summed E-state index contributed by atoms with van der Waals surface area (Å²) in [6.45, 7) is 3.97. The van der Waals surface area contributed by atoms with Crippen molar-refractivity contribution < 1.29 is 0 Å². The van der Waals surface area contributed by atoms with Crippen LogP contribution in [0, 0.1) is 0 Å². The summed E-state index contributed by atoms with van der Waals surface area (Å²) < 4.78 is 0. The van der Waals surface area contributed by atoms with Crippen molar-refractivity contribution >= 4 is 0 Å². The largest absolute Gasteiger partial charge is 0.311 e. The Morgan fingerprint density at radius 3 is 2.61 bits per heavy atom. The van der Waals surface area contributed by atoms with Gasteiger partial charge in [-0.25, -0.2) is 9.97 Å². The van der Waals surface area contributed by atoms with Crippen LogP contribution in [0.5, 0.6) is 0 Å². The van der Waals surface area contributed by atoms with Gasteiger partial charge in [0.1, 0.15) is 5.82 Å². The van der Waals surface area contributed by atoms with Crippen LogP contribution in [0.4, 0.5) is 0 Å². The van der Waals surface area contributed by atoms with Gasteiger partial charge in [0.05, 0.1) is 5.69 Å². The molecule has 1 saturated carbocycles. The zero-order valence-electron chi connectivity index (χ0n) is 11.5. The van der Waals surface area contributed by atoms with Crippen LogP contribution in [-0.4, -0.2) is 16.5 Å². The summed E-state index contributed by atoms with van der Waals surface area (Å²) in [5, 5.41) is 3.33. The fourth-order valence-electron chi connectivity index (χ4n) is 2.68. The first-order chi connectivity index (χ1) is 8.90. The molecule has 100 valence electrons. The fourth-order valence-corrected chi connectivity index (χ4v) is 2.68. The summed E-state index contributed by atoms with van der Waals surface area (Å²) in [7, 11) is 0. The number of hydrogen-bond donors (Lipinski definition) is 1. The van der Waals surface area contributed by atoms with E-state index in [0.717, 1.165) is 24.6 Å². The molecule has 0 spiro atoms. The molecule has 1 aromatic heterocycles. The third-order valence-corrected chi connectivity index (χ3v) is 3.76. The van der Waals surface area contributed by atoms with Gasteiger partial charge in [-0.15, -0.1) is 0 Å². The molecule has 2 rings (SSSR count). The van der Waals surface area contributed by atoms with E-state index >= 15 is 0 Å². The highest BCUT2D eigenvalue weighted by Crippen LogP contribution is 2.28. The minimum Gasteiger partial charge on any atom is -0.311 e. The first-order valence-electron chi connectivity index (χ1n) is 7.42. The third kappa shape index (κ3) is 4.05. The molecular weight excluding hydrogens is 222 g/mol. The first kappa shape index (κ1) is 13.5. The number of rotatable bonds is 4. The second kappa shape index (κ2) is 7.47. The molecule has 0 unspecified atom stereocenters. The van der Waals surface area contributed by atoms with E-state index < -0.39 is 0 Å². The highest BCUT2D eigenvalue weighted by molar-refractivity contribution is 5.06. The summed E-state index contributed by atoms with van der Waals surface area (Å²) in [5.74, 6) is 1.67. The second-order valence-corrected chi connectivity index (χ2v) is 5.23. The molecular formula is C15H25N3. The minimum absolute atomic E-state index is 0.590. The van der Waals surface area contributed by atoms with Crippen molar-refractivity contribution in [1.82, 2.24) is 15.3 Å². The molecule has 1 aliphatic rings. The summed E-state index contributed by atoms with van der Waals surface area (Å²) >= 11 is 0. The molecule has 0 bridgehead atoms. The normalized spacial score (nSPS) is 18.3. The van der Waals surface area contributed by atoms with Crippen molar-refractivity contribution in [3.05, 3.63) is 23.8 Å². The highest BCUT2D eigenvalue weighted by Gasteiger charge is 2.16. The van der Waals surface area contributed by atoms with E-state index in [4.69, 9.17) is 4.98 Å². The standard InChI is InChI=1S/C15H25N3/c1-2-16-12-14-10-11-17-15(18-14)13-8-6-4-3-5-7-9-13/h10-11,13,16H,2-9,12H2,1H3. The average Bonchev–Trinajstić information content (AvgIpc) is 2.36. The van der Waals surface area contributed by atoms with Gasteiger partial charge < -0.3 is 5.32 Å². The Morgan fingerprint density at radius 1 is 1.17 bits per heavy atom. The molecule has 0 atom stereocenters. The van der Waals surface area contributed by atoms with E-state index in [9.17, 15) is 0 Å². The molecule has 3 heteroatoms. The molecule has 3 nitrogen and oxygen atoms in total. The van der Waals surface area contributed by atoms with Crippen LogP contribution < -0.4 is 5.32 Å². The highest BCUT2D eigenvalue weighted by atomic mass is 14.9. The van der Waals surface area contributed by atoms with Gasteiger partial charge in [-0.2, -0.15) is 0 Å². The minimum atomic E-state index is 0.590. The molecule has 1 N–H and O–H groups in total. The Balaban J connectivity index is 2.01. The average molecular weight is 247 g/mol. The van der Waals surface area contributed by atoms with Crippen molar-refractivity contribution in [3.8, 4) is 0 Å². The van der Waals surface area contributed by atoms with Crippen LogP contribution >= 0.6 is 0 Å². The Hall–Kier alpha value is -0.960. The molecule has 0 radical (unpaired) electrons. The molecule has 1 heterocycles. The van der Waals surface area contributed by atoms with Gasteiger partial charge in [0.15, 0.2) is 0 Å². The zero-order valence-corrected chi connectivity index (χ0v) is 11.5. The van der Waals surface area contributed by atoms with Gasteiger partial charge in [-0.3, -0.25) is 0 Å². The molecule has 18 heavy (non-hydrogen) atoms. The molecule has 1 aliphatic carbocycles. The van der Waals surface area contributed by atoms with Gasteiger partial charge in [-0.1, -0.05) is 39.0 Å². The smallest absolute Gasteiger partial charge is 0.131 e. The van der Waals surface area contributed by atoms with E-state index in [0.29, 0.717) is 5.92 Å². The number of aromatic nitrogens is 2. The molecule has 0 aliphatic heterocycles. The van der Waals surface area contributed by atoms with Crippen LogP contribution in [0.1, 0.15) is 69.3 Å². The molecule has 0 aromatic carbocycles. The van der Waals surface area contributed by atoms with Crippen LogP contribution in [0.25, 0.3) is 0 Å². The molecule has 1 aromatic rings. The number of nitrogens with one attached hydrogen (secondary N) is 1. The number of hydrogen-bond acceptors (Lipinski definition) is 3. The Morgan fingerprint density at radius 2 is 1.89 bits per heavy atom. The van der Waals surface area contributed by atoms with Crippen LogP contribution in [0.15, 0.2) is 12.3 Å². The molecule has 0 saturated heterocycles. The van der Waals surface area contributed by atoms with Gasteiger partial charge in [0.25, 0.3) is 0 Å². The van der Waals surface area contributed by atoms with Crippen LogP contribution in [-0.2, 0) is 6.54 Å². The first-order valence-corrected chi connectivity index (χ1v) is 7.42. The van der Waals surface area contributed by atoms with Crippen molar-refractivity contribution in [2.75, 3.05) is 6.54 Å². The third-order valence-electron chi connectivity index (χ3n) is 3.76. The SMILES string of the molecule is CCNCc1ccnc(C2CCCCCCC2)n1. The Bertz CT molecular complexity index is 343. The molecule has 1 fully saturated rings. The lowest BCUT2D eigenvalue weighted by atomic mass is 9.90. The van der Waals surface area contributed by atoms with Gasteiger partial charge in [-0.05, 0) is 25.5 Å². The van der Waals surface area contributed by atoms with Crippen molar-refractivity contribution in [2.45, 2.75) is 64.3 Å². The maximum absolute atomic E-state index is 4.73. The Kier molecular flexibility index (Phi) is 5.59. The second-order valence-electron chi connectivity index (χ2n) is 5.23. The summed E-state index contributed by atoms with van der Waals surface area (Å²) in [6.07, 6.45) is 11.3. The van der Waals surface area contributed by atoms with Crippen molar-refractivity contribution in [3.63, 3.8) is 0 Å².